The summed E-state index contributed by atoms with van der Waals surface area (Å²) in [7, 11) is 3.14. The average molecular weight is 399 g/mol. The van der Waals surface area contributed by atoms with Gasteiger partial charge in [0.15, 0.2) is 0 Å². The molecule has 1 aromatic heterocycles. The molecule has 1 N–H and O–H groups in total. The van der Waals surface area contributed by atoms with Crippen molar-refractivity contribution in [1.82, 2.24) is 15.5 Å². The van der Waals surface area contributed by atoms with Crippen molar-refractivity contribution in [2.45, 2.75) is 18.4 Å². The van der Waals surface area contributed by atoms with Crippen molar-refractivity contribution in [2.75, 3.05) is 20.0 Å². The van der Waals surface area contributed by atoms with E-state index < -0.39 is 0 Å². The first-order chi connectivity index (χ1) is 13.7. The summed E-state index contributed by atoms with van der Waals surface area (Å²) in [5.41, 5.74) is 1.31. The minimum Gasteiger partial charge on any atom is -0.497 e. The summed E-state index contributed by atoms with van der Waals surface area (Å²) in [5, 5.41) is 6.81. The van der Waals surface area contributed by atoms with Gasteiger partial charge in [0.05, 0.1) is 31.9 Å². The third-order valence-electron chi connectivity index (χ3n) is 3.95. The summed E-state index contributed by atoms with van der Waals surface area (Å²) < 4.78 is 15.8. The van der Waals surface area contributed by atoms with Gasteiger partial charge < -0.3 is 19.3 Å². The molecule has 2 aromatic carbocycles. The summed E-state index contributed by atoms with van der Waals surface area (Å²) >= 11 is 1.62. The number of nitrogens with one attached hydrogen (secondary N) is 1. The second kappa shape index (κ2) is 9.27. The fourth-order valence-electron chi connectivity index (χ4n) is 2.61. The third kappa shape index (κ3) is 4.45. The first-order valence-corrected chi connectivity index (χ1v) is 9.69. The molecule has 3 aromatic rings. The second-order valence-electron chi connectivity index (χ2n) is 5.69. The molecule has 0 saturated heterocycles. The molecule has 0 atom stereocenters. The van der Waals surface area contributed by atoms with E-state index in [9.17, 15) is 4.79 Å². The van der Waals surface area contributed by atoms with Crippen molar-refractivity contribution in [3.05, 3.63) is 53.9 Å². The van der Waals surface area contributed by atoms with Crippen molar-refractivity contribution in [3.8, 4) is 22.9 Å². The Bertz CT molecular complexity index is 958. The van der Waals surface area contributed by atoms with E-state index >= 15 is 0 Å². The lowest BCUT2D eigenvalue weighted by Gasteiger charge is -2.08. The molecular weight excluding hydrogens is 378 g/mol. The highest BCUT2D eigenvalue weighted by atomic mass is 32.2. The normalized spacial score (nSPS) is 10.5. The van der Waals surface area contributed by atoms with Crippen LogP contribution in [0.2, 0.25) is 0 Å². The fraction of sp³-hybridized carbons (Fsp3) is 0.250. The van der Waals surface area contributed by atoms with E-state index in [0.717, 1.165) is 10.6 Å². The Kier molecular flexibility index (Phi) is 6.54. The quantitative estimate of drug-likeness (QED) is 0.577. The molecule has 0 radical (unpaired) electrons. The fourth-order valence-corrected chi connectivity index (χ4v) is 3.41. The lowest BCUT2D eigenvalue weighted by Crippen LogP contribution is -2.23. The maximum Gasteiger partial charge on any atom is 0.252 e. The Morgan fingerprint density at radius 1 is 1.18 bits per heavy atom. The maximum atomic E-state index is 12.5. The van der Waals surface area contributed by atoms with Crippen LogP contribution in [0.5, 0.6) is 11.5 Å². The molecule has 3 rings (SSSR count). The smallest absolute Gasteiger partial charge is 0.252 e. The van der Waals surface area contributed by atoms with Gasteiger partial charge in [-0.05, 0) is 30.0 Å². The van der Waals surface area contributed by atoms with Gasteiger partial charge in [0.1, 0.15) is 11.5 Å². The number of aromatic nitrogens is 2. The van der Waals surface area contributed by atoms with Gasteiger partial charge in [0, 0.05) is 11.0 Å². The van der Waals surface area contributed by atoms with Crippen molar-refractivity contribution >= 4 is 17.7 Å². The van der Waals surface area contributed by atoms with E-state index in [0.29, 0.717) is 34.3 Å². The molecule has 0 spiro atoms. The molecule has 1 heterocycles. The first-order valence-electron chi connectivity index (χ1n) is 8.71. The van der Waals surface area contributed by atoms with Gasteiger partial charge in [-0.3, -0.25) is 4.79 Å². The Balaban J connectivity index is 1.71. The van der Waals surface area contributed by atoms with E-state index in [4.69, 9.17) is 14.0 Å². The highest BCUT2D eigenvalue weighted by Gasteiger charge is 2.16. The maximum absolute atomic E-state index is 12.5. The SMILES string of the molecule is CCSc1ccccc1C(=O)NCc1nc(-c2ccc(OC)cc2OC)no1. The highest BCUT2D eigenvalue weighted by Crippen LogP contribution is 2.31. The lowest BCUT2D eigenvalue weighted by molar-refractivity contribution is 0.0943. The number of thioether (sulfide) groups is 1. The molecule has 0 aliphatic carbocycles. The van der Waals surface area contributed by atoms with E-state index in [-0.39, 0.29) is 12.5 Å². The number of methoxy groups -OCH3 is 2. The summed E-state index contributed by atoms with van der Waals surface area (Å²) in [6.45, 7) is 2.18. The van der Waals surface area contributed by atoms with E-state index in [1.807, 2.05) is 25.1 Å². The summed E-state index contributed by atoms with van der Waals surface area (Å²) in [6.07, 6.45) is 0. The molecule has 28 heavy (non-hydrogen) atoms. The number of ether oxygens (including phenoxy) is 2. The minimum atomic E-state index is -0.182. The minimum absolute atomic E-state index is 0.134. The van der Waals surface area contributed by atoms with E-state index in [1.165, 1.54) is 0 Å². The van der Waals surface area contributed by atoms with Crippen LogP contribution in [0.25, 0.3) is 11.4 Å². The van der Waals surface area contributed by atoms with Crippen LogP contribution in [0.15, 0.2) is 51.9 Å². The van der Waals surface area contributed by atoms with Gasteiger partial charge in [-0.1, -0.05) is 24.2 Å². The van der Waals surface area contributed by atoms with Gasteiger partial charge in [0.25, 0.3) is 5.91 Å². The summed E-state index contributed by atoms with van der Waals surface area (Å²) in [5.74, 6) is 2.63. The van der Waals surface area contributed by atoms with Crippen LogP contribution in [-0.2, 0) is 6.54 Å². The van der Waals surface area contributed by atoms with Crippen molar-refractivity contribution in [1.29, 1.82) is 0 Å². The number of carbonyl (C=O) groups is 1. The summed E-state index contributed by atoms with van der Waals surface area (Å²) in [6, 6.07) is 12.8. The van der Waals surface area contributed by atoms with Crippen LogP contribution in [0.1, 0.15) is 23.2 Å². The molecular formula is C20H21N3O4S. The number of hydrogen-bond donors (Lipinski definition) is 1. The van der Waals surface area contributed by atoms with Crippen molar-refractivity contribution in [3.63, 3.8) is 0 Å². The topological polar surface area (TPSA) is 86.5 Å². The van der Waals surface area contributed by atoms with E-state index in [2.05, 4.69) is 15.5 Å². The second-order valence-corrected chi connectivity index (χ2v) is 7.00. The van der Waals surface area contributed by atoms with Crippen LogP contribution >= 0.6 is 11.8 Å². The monoisotopic (exact) mass is 399 g/mol. The summed E-state index contributed by atoms with van der Waals surface area (Å²) in [4.78, 5) is 17.8. The zero-order chi connectivity index (χ0) is 19.9. The molecule has 7 nitrogen and oxygen atoms in total. The predicted octanol–water partition coefficient (Wildman–Crippen LogP) is 3.80. The Labute approximate surface area is 167 Å². The number of nitrogens with zero attached hydrogens (tertiary/aromatic N) is 2. The van der Waals surface area contributed by atoms with Crippen LogP contribution in [0, 0.1) is 0 Å². The van der Waals surface area contributed by atoms with Gasteiger partial charge in [-0.2, -0.15) is 4.98 Å². The first kappa shape index (κ1) is 19.8. The lowest BCUT2D eigenvalue weighted by atomic mass is 10.2. The number of rotatable bonds is 8. The molecule has 146 valence electrons. The standard InChI is InChI=1S/C20H21N3O4S/c1-4-28-17-8-6-5-7-15(17)20(24)21-12-18-22-19(23-27-18)14-10-9-13(25-2)11-16(14)26-3/h5-11H,4,12H2,1-3H3,(H,21,24). The largest absolute Gasteiger partial charge is 0.497 e. The van der Waals surface area contributed by atoms with Gasteiger partial charge in [-0.25, -0.2) is 0 Å². The molecule has 0 bridgehead atoms. The number of hydrogen-bond acceptors (Lipinski definition) is 7. The average Bonchev–Trinajstić information content (AvgIpc) is 3.21. The number of carbonyl (C=O) groups excluding carboxylic acids is 1. The van der Waals surface area contributed by atoms with Gasteiger partial charge in [-0.15, -0.1) is 11.8 Å². The Hall–Kier alpha value is -3.00. The molecule has 0 aliphatic heterocycles. The predicted molar refractivity (Wildman–Crippen MR) is 107 cm³/mol. The third-order valence-corrected chi connectivity index (χ3v) is 4.91. The molecule has 8 heteroatoms. The van der Waals surface area contributed by atoms with Crippen LogP contribution in [0.3, 0.4) is 0 Å². The van der Waals surface area contributed by atoms with Gasteiger partial charge in [0.2, 0.25) is 11.7 Å². The number of amides is 1. The van der Waals surface area contributed by atoms with E-state index in [1.54, 1.807) is 50.2 Å². The molecule has 1 amide bonds. The zero-order valence-corrected chi connectivity index (χ0v) is 16.7. The van der Waals surface area contributed by atoms with Crippen molar-refractivity contribution in [2.24, 2.45) is 0 Å². The highest BCUT2D eigenvalue weighted by molar-refractivity contribution is 7.99. The van der Waals surface area contributed by atoms with Crippen molar-refractivity contribution < 1.29 is 18.8 Å². The Morgan fingerprint density at radius 3 is 2.75 bits per heavy atom. The van der Waals surface area contributed by atoms with Crippen LogP contribution < -0.4 is 14.8 Å². The zero-order valence-electron chi connectivity index (χ0n) is 15.9. The van der Waals surface area contributed by atoms with Crippen LogP contribution in [-0.4, -0.2) is 36.0 Å². The molecule has 0 saturated carbocycles. The number of benzene rings is 2. The Morgan fingerprint density at radius 2 is 2.00 bits per heavy atom. The van der Waals surface area contributed by atoms with Crippen LogP contribution in [0.4, 0.5) is 0 Å². The molecule has 0 aliphatic rings. The molecule has 0 unspecified atom stereocenters. The van der Waals surface area contributed by atoms with Gasteiger partial charge >= 0.3 is 0 Å². The molecule has 0 fully saturated rings.